The largest absolute Gasteiger partial charge is 0.497 e. The first-order valence-corrected chi connectivity index (χ1v) is 4.97. The number of hydrogen-bond acceptors (Lipinski definition) is 3. The van der Waals surface area contributed by atoms with E-state index in [1.165, 1.54) is 0 Å². The molecule has 0 aliphatic rings. The van der Waals surface area contributed by atoms with Gasteiger partial charge in [-0.25, -0.2) is 0 Å². The Morgan fingerprint density at radius 3 is 2.12 bits per heavy atom. The number of benzene rings is 1. The van der Waals surface area contributed by atoms with Crippen LogP contribution in [0.4, 0.5) is 0 Å². The third-order valence-corrected chi connectivity index (χ3v) is 2.35. The Morgan fingerprint density at radius 2 is 1.62 bits per heavy atom. The molecule has 1 heterocycles. The van der Waals surface area contributed by atoms with Gasteiger partial charge in [0.05, 0.1) is 14.2 Å². The van der Waals surface area contributed by atoms with Gasteiger partial charge in [-0.05, 0) is 23.8 Å². The summed E-state index contributed by atoms with van der Waals surface area (Å²) in [6.45, 7) is 0. The molecular formula is C13H13NO2. The molecule has 0 atom stereocenters. The SMILES string of the molecule is COc1cc(OC)cc(-c2cccnc2)c1. The lowest BCUT2D eigenvalue weighted by Gasteiger charge is -2.08. The van der Waals surface area contributed by atoms with Crippen LogP contribution in [0, 0.1) is 0 Å². The number of ether oxygens (including phenoxy) is 2. The van der Waals surface area contributed by atoms with Gasteiger partial charge in [0.15, 0.2) is 0 Å². The smallest absolute Gasteiger partial charge is 0.123 e. The van der Waals surface area contributed by atoms with Gasteiger partial charge < -0.3 is 9.47 Å². The fourth-order valence-corrected chi connectivity index (χ4v) is 1.51. The van der Waals surface area contributed by atoms with Gasteiger partial charge in [0.1, 0.15) is 11.5 Å². The first-order chi connectivity index (χ1) is 7.83. The van der Waals surface area contributed by atoms with E-state index in [9.17, 15) is 0 Å². The van der Waals surface area contributed by atoms with Crippen LogP contribution in [-0.2, 0) is 0 Å². The van der Waals surface area contributed by atoms with E-state index in [-0.39, 0.29) is 0 Å². The molecule has 0 aliphatic heterocycles. The summed E-state index contributed by atoms with van der Waals surface area (Å²) in [7, 11) is 3.28. The van der Waals surface area contributed by atoms with Crippen LogP contribution in [0.5, 0.6) is 11.5 Å². The molecule has 3 nitrogen and oxygen atoms in total. The number of aromatic nitrogens is 1. The van der Waals surface area contributed by atoms with Gasteiger partial charge in [0, 0.05) is 24.0 Å². The van der Waals surface area contributed by atoms with Crippen LogP contribution in [0.2, 0.25) is 0 Å². The van der Waals surface area contributed by atoms with Crippen LogP contribution in [0.25, 0.3) is 11.1 Å². The summed E-state index contributed by atoms with van der Waals surface area (Å²) in [5.41, 5.74) is 2.07. The molecule has 2 aromatic rings. The molecular weight excluding hydrogens is 202 g/mol. The van der Waals surface area contributed by atoms with E-state index >= 15 is 0 Å². The fraction of sp³-hybridized carbons (Fsp3) is 0.154. The molecule has 0 bridgehead atoms. The van der Waals surface area contributed by atoms with E-state index in [0.717, 1.165) is 22.6 Å². The second-order valence-corrected chi connectivity index (χ2v) is 3.34. The lowest BCUT2D eigenvalue weighted by Crippen LogP contribution is -1.89. The van der Waals surface area contributed by atoms with E-state index in [2.05, 4.69) is 4.98 Å². The summed E-state index contributed by atoms with van der Waals surface area (Å²) in [5, 5.41) is 0. The van der Waals surface area contributed by atoms with Crippen molar-refractivity contribution in [2.45, 2.75) is 0 Å². The second kappa shape index (κ2) is 4.66. The highest BCUT2D eigenvalue weighted by Gasteiger charge is 2.03. The number of rotatable bonds is 3. The quantitative estimate of drug-likeness (QED) is 0.788. The molecule has 0 N–H and O–H groups in total. The average Bonchev–Trinajstić information content (AvgIpc) is 2.39. The summed E-state index contributed by atoms with van der Waals surface area (Å²) < 4.78 is 10.4. The molecule has 0 amide bonds. The standard InChI is InChI=1S/C13H13NO2/c1-15-12-6-11(7-13(8-12)16-2)10-4-3-5-14-9-10/h3-9H,1-2H3. The minimum Gasteiger partial charge on any atom is -0.497 e. The van der Waals surface area contributed by atoms with Crippen molar-refractivity contribution < 1.29 is 9.47 Å². The number of methoxy groups -OCH3 is 2. The van der Waals surface area contributed by atoms with Crippen LogP contribution in [0.15, 0.2) is 42.7 Å². The maximum atomic E-state index is 5.22. The zero-order chi connectivity index (χ0) is 11.4. The van der Waals surface area contributed by atoms with Gasteiger partial charge in [-0.1, -0.05) is 6.07 Å². The minimum absolute atomic E-state index is 0.776. The Balaban J connectivity index is 2.48. The van der Waals surface area contributed by atoms with Crippen LogP contribution in [0.3, 0.4) is 0 Å². The molecule has 0 fully saturated rings. The Bertz CT molecular complexity index is 446. The Hall–Kier alpha value is -2.03. The van der Waals surface area contributed by atoms with Crippen LogP contribution < -0.4 is 9.47 Å². The second-order valence-electron chi connectivity index (χ2n) is 3.34. The lowest BCUT2D eigenvalue weighted by atomic mass is 10.1. The lowest BCUT2D eigenvalue weighted by molar-refractivity contribution is 0.394. The van der Waals surface area contributed by atoms with Crippen molar-refractivity contribution in [1.29, 1.82) is 0 Å². The molecule has 0 unspecified atom stereocenters. The van der Waals surface area contributed by atoms with Crippen LogP contribution in [-0.4, -0.2) is 19.2 Å². The topological polar surface area (TPSA) is 31.4 Å². The predicted molar refractivity (Wildman–Crippen MR) is 62.8 cm³/mol. The van der Waals surface area contributed by atoms with Gasteiger partial charge in [-0.15, -0.1) is 0 Å². The zero-order valence-corrected chi connectivity index (χ0v) is 9.31. The molecule has 16 heavy (non-hydrogen) atoms. The molecule has 3 heteroatoms. The highest BCUT2D eigenvalue weighted by Crippen LogP contribution is 2.28. The van der Waals surface area contributed by atoms with E-state index < -0.39 is 0 Å². The third-order valence-electron chi connectivity index (χ3n) is 2.35. The Kier molecular flexibility index (Phi) is 3.05. The summed E-state index contributed by atoms with van der Waals surface area (Å²) in [6, 6.07) is 9.67. The van der Waals surface area contributed by atoms with Crippen molar-refractivity contribution in [3.8, 4) is 22.6 Å². The minimum atomic E-state index is 0.776. The zero-order valence-electron chi connectivity index (χ0n) is 9.31. The molecule has 1 aromatic heterocycles. The predicted octanol–water partition coefficient (Wildman–Crippen LogP) is 2.77. The normalized spacial score (nSPS) is 9.88. The van der Waals surface area contributed by atoms with E-state index in [1.807, 2.05) is 36.5 Å². The Morgan fingerprint density at radius 1 is 0.938 bits per heavy atom. The first-order valence-electron chi connectivity index (χ1n) is 4.97. The van der Waals surface area contributed by atoms with Gasteiger partial charge in [-0.2, -0.15) is 0 Å². The molecule has 0 radical (unpaired) electrons. The summed E-state index contributed by atoms with van der Waals surface area (Å²) in [5.74, 6) is 1.55. The summed E-state index contributed by atoms with van der Waals surface area (Å²) in [4.78, 5) is 4.09. The van der Waals surface area contributed by atoms with Crippen molar-refractivity contribution in [2.75, 3.05) is 14.2 Å². The van der Waals surface area contributed by atoms with Crippen molar-refractivity contribution in [3.05, 3.63) is 42.7 Å². The van der Waals surface area contributed by atoms with Crippen LogP contribution in [0.1, 0.15) is 0 Å². The maximum absolute atomic E-state index is 5.22. The van der Waals surface area contributed by atoms with Gasteiger partial charge in [0.25, 0.3) is 0 Å². The van der Waals surface area contributed by atoms with Crippen molar-refractivity contribution in [3.63, 3.8) is 0 Å². The fourth-order valence-electron chi connectivity index (χ4n) is 1.51. The molecule has 0 saturated carbocycles. The van der Waals surface area contributed by atoms with E-state index in [1.54, 1.807) is 20.4 Å². The Labute approximate surface area is 94.7 Å². The maximum Gasteiger partial charge on any atom is 0.123 e. The van der Waals surface area contributed by atoms with Crippen molar-refractivity contribution in [1.82, 2.24) is 4.98 Å². The van der Waals surface area contributed by atoms with E-state index in [0.29, 0.717) is 0 Å². The molecule has 2 rings (SSSR count). The highest BCUT2D eigenvalue weighted by molar-refractivity contribution is 5.66. The molecule has 82 valence electrons. The number of nitrogens with zero attached hydrogens (tertiary/aromatic N) is 1. The average molecular weight is 215 g/mol. The van der Waals surface area contributed by atoms with Gasteiger partial charge in [-0.3, -0.25) is 4.98 Å². The molecule has 0 aliphatic carbocycles. The highest BCUT2D eigenvalue weighted by atomic mass is 16.5. The molecule has 1 aromatic carbocycles. The number of pyridine rings is 1. The van der Waals surface area contributed by atoms with E-state index in [4.69, 9.17) is 9.47 Å². The summed E-state index contributed by atoms with van der Waals surface area (Å²) in [6.07, 6.45) is 3.56. The molecule has 0 saturated heterocycles. The summed E-state index contributed by atoms with van der Waals surface area (Å²) >= 11 is 0. The third kappa shape index (κ3) is 2.14. The van der Waals surface area contributed by atoms with Crippen molar-refractivity contribution in [2.24, 2.45) is 0 Å². The first kappa shape index (κ1) is 10.5. The molecule has 0 spiro atoms. The number of hydrogen-bond donors (Lipinski definition) is 0. The van der Waals surface area contributed by atoms with Gasteiger partial charge >= 0.3 is 0 Å². The van der Waals surface area contributed by atoms with Crippen LogP contribution >= 0.6 is 0 Å². The van der Waals surface area contributed by atoms with Crippen molar-refractivity contribution >= 4 is 0 Å². The van der Waals surface area contributed by atoms with Gasteiger partial charge in [0.2, 0.25) is 0 Å². The monoisotopic (exact) mass is 215 g/mol.